The molecule has 1 aliphatic rings. The summed E-state index contributed by atoms with van der Waals surface area (Å²) in [6.45, 7) is 0. The summed E-state index contributed by atoms with van der Waals surface area (Å²) < 4.78 is 22.8. The topological polar surface area (TPSA) is 57.9 Å². The Morgan fingerprint density at radius 2 is 1.88 bits per heavy atom. The van der Waals surface area contributed by atoms with Crippen LogP contribution in [0.2, 0.25) is 0 Å². The van der Waals surface area contributed by atoms with Gasteiger partial charge in [-0.1, -0.05) is 24.3 Å². The molecule has 0 radical (unpaired) electrons. The highest BCUT2D eigenvalue weighted by Crippen LogP contribution is 2.49. The van der Waals surface area contributed by atoms with E-state index in [0.717, 1.165) is 24.0 Å². The number of hydrogen-bond donors (Lipinski definition) is 0. The molecule has 0 heterocycles. The molecule has 0 N–H and O–H groups in total. The lowest BCUT2D eigenvalue weighted by atomic mass is 9.96. The van der Waals surface area contributed by atoms with Crippen molar-refractivity contribution in [3.05, 3.63) is 35.4 Å². The van der Waals surface area contributed by atoms with Gasteiger partial charge < -0.3 is 0 Å². The van der Waals surface area contributed by atoms with Crippen LogP contribution in [0.25, 0.3) is 0 Å². The average Bonchev–Trinajstić information content (AvgIpc) is 2.98. The van der Waals surface area contributed by atoms with Gasteiger partial charge in [0.15, 0.2) is 0 Å². The number of nitriles is 1. The lowest BCUT2D eigenvalue weighted by molar-refractivity contribution is 0.592. The van der Waals surface area contributed by atoms with Gasteiger partial charge in [0.2, 0.25) is 0 Å². The lowest BCUT2D eigenvalue weighted by Gasteiger charge is -2.14. The number of nitrogens with zero attached hydrogens (tertiary/aromatic N) is 1. The standard InChI is InChI=1S/C13H15NO2S/c1-17(15,16)10-13(7-8-13)12-4-2-11(3-5-12)6-9-14/h2-5H,6-8,10H2,1H3. The fraction of sp³-hybridized carbons (Fsp3) is 0.462. The second-order valence-corrected chi connectivity index (χ2v) is 7.02. The van der Waals surface area contributed by atoms with Crippen molar-refractivity contribution in [1.82, 2.24) is 0 Å². The molecule has 1 fully saturated rings. The summed E-state index contributed by atoms with van der Waals surface area (Å²) in [6, 6.07) is 9.86. The Morgan fingerprint density at radius 3 is 2.29 bits per heavy atom. The molecule has 1 aromatic rings. The van der Waals surface area contributed by atoms with Gasteiger partial charge in [-0.25, -0.2) is 8.42 Å². The Kier molecular flexibility index (Phi) is 2.96. The maximum atomic E-state index is 11.4. The minimum Gasteiger partial charge on any atom is -0.229 e. The van der Waals surface area contributed by atoms with Gasteiger partial charge in [-0.05, 0) is 24.0 Å². The van der Waals surface area contributed by atoms with E-state index < -0.39 is 9.84 Å². The van der Waals surface area contributed by atoms with Crippen LogP contribution >= 0.6 is 0 Å². The summed E-state index contributed by atoms with van der Waals surface area (Å²) in [5.41, 5.74) is 1.91. The van der Waals surface area contributed by atoms with E-state index in [9.17, 15) is 8.42 Å². The SMILES string of the molecule is CS(=O)(=O)CC1(c2ccc(CC#N)cc2)CC1. The maximum absolute atomic E-state index is 11.4. The van der Waals surface area contributed by atoms with Crippen LogP contribution in [0.4, 0.5) is 0 Å². The number of sulfone groups is 1. The first kappa shape index (κ1) is 12.1. The Bertz CT molecular complexity index is 548. The largest absolute Gasteiger partial charge is 0.229 e. The van der Waals surface area contributed by atoms with E-state index in [2.05, 4.69) is 6.07 Å². The number of rotatable bonds is 4. The first-order chi connectivity index (χ1) is 7.95. The molecule has 0 spiro atoms. The van der Waals surface area contributed by atoms with Crippen molar-refractivity contribution in [1.29, 1.82) is 5.26 Å². The highest BCUT2D eigenvalue weighted by Gasteiger charge is 2.46. The summed E-state index contributed by atoms with van der Waals surface area (Å²) in [5, 5.41) is 8.58. The van der Waals surface area contributed by atoms with Gasteiger partial charge in [0, 0.05) is 11.7 Å². The molecule has 0 bridgehead atoms. The molecule has 4 heteroatoms. The van der Waals surface area contributed by atoms with E-state index in [1.807, 2.05) is 24.3 Å². The number of benzene rings is 1. The first-order valence-corrected chi connectivity index (χ1v) is 7.65. The van der Waals surface area contributed by atoms with Crippen LogP contribution in [0.5, 0.6) is 0 Å². The summed E-state index contributed by atoms with van der Waals surface area (Å²) in [7, 11) is -2.94. The number of hydrogen-bond acceptors (Lipinski definition) is 3. The molecule has 3 nitrogen and oxygen atoms in total. The average molecular weight is 249 g/mol. The molecule has 90 valence electrons. The van der Waals surface area contributed by atoms with Crippen molar-refractivity contribution in [2.24, 2.45) is 0 Å². The normalized spacial score (nSPS) is 17.4. The summed E-state index contributed by atoms with van der Waals surface area (Å²) >= 11 is 0. The van der Waals surface area contributed by atoms with Crippen LogP contribution in [-0.2, 0) is 21.7 Å². The smallest absolute Gasteiger partial charge is 0.148 e. The molecule has 0 aliphatic heterocycles. The third-order valence-electron chi connectivity index (χ3n) is 3.24. The van der Waals surface area contributed by atoms with Crippen LogP contribution in [0.3, 0.4) is 0 Å². The van der Waals surface area contributed by atoms with Gasteiger partial charge in [0.25, 0.3) is 0 Å². The summed E-state index contributed by atoms with van der Waals surface area (Å²) in [4.78, 5) is 0. The molecule has 0 unspecified atom stereocenters. The quantitative estimate of drug-likeness (QED) is 0.818. The second-order valence-electron chi connectivity index (χ2n) is 4.88. The highest BCUT2D eigenvalue weighted by molar-refractivity contribution is 7.90. The van der Waals surface area contributed by atoms with E-state index in [1.54, 1.807) is 0 Å². The molecule has 2 rings (SSSR count). The van der Waals surface area contributed by atoms with E-state index in [0.29, 0.717) is 6.42 Å². The van der Waals surface area contributed by atoms with Gasteiger partial charge >= 0.3 is 0 Å². The van der Waals surface area contributed by atoms with E-state index in [4.69, 9.17) is 5.26 Å². The van der Waals surface area contributed by atoms with Gasteiger partial charge in [-0.3, -0.25) is 0 Å². The van der Waals surface area contributed by atoms with Crippen LogP contribution < -0.4 is 0 Å². The molecule has 1 aliphatic carbocycles. The molecule has 1 aromatic carbocycles. The molecular formula is C13H15NO2S. The lowest BCUT2D eigenvalue weighted by Crippen LogP contribution is -2.19. The van der Waals surface area contributed by atoms with Crippen LogP contribution in [-0.4, -0.2) is 20.4 Å². The fourth-order valence-electron chi connectivity index (χ4n) is 2.24. The van der Waals surface area contributed by atoms with Gasteiger partial charge in [0.1, 0.15) is 9.84 Å². The molecule has 0 atom stereocenters. The van der Waals surface area contributed by atoms with Gasteiger partial charge in [-0.15, -0.1) is 0 Å². The molecule has 1 saturated carbocycles. The van der Waals surface area contributed by atoms with Crippen molar-refractivity contribution in [3.8, 4) is 6.07 Å². The van der Waals surface area contributed by atoms with E-state index >= 15 is 0 Å². The predicted molar refractivity (Wildman–Crippen MR) is 66.4 cm³/mol. The highest BCUT2D eigenvalue weighted by atomic mass is 32.2. The summed E-state index contributed by atoms with van der Waals surface area (Å²) in [5.74, 6) is 0.234. The van der Waals surface area contributed by atoms with Gasteiger partial charge in [-0.2, -0.15) is 5.26 Å². The minimum absolute atomic E-state index is 0.154. The van der Waals surface area contributed by atoms with E-state index in [1.165, 1.54) is 6.26 Å². The third kappa shape index (κ3) is 2.86. The third-order valence-corrected chi connectivity index (χ3v) is 4.32. The van der Waals surface area contributed by atoms with Crippen LogP contribution in [0, 0.1) is 11.3 Å². The zero-order valence-electron chi connectivity index (χ0n) is 9.81. The van der Waals surface area contributed by atoms with Gasteiger partial charge in [0.05, 0.1) is 18.2 Å². The first-order valence-electron chi connectivity index (χ1n) is 5.59. The fourth-order valence-corrected chi connectivity index (χ4v) is 3.70. The Hall–Kier alpha value is -1.34. The Morgan fingerprint density at radius 1 is 1.29 bits per heavy atom. The predicted octanol–water partition coefficient (Wildman–Crippen LogP) is 1.83. The van der Waals surface area contributed by atoms with Crippen LogP contribution in [0.1, 0.15) is 24.0 Å². The maximum Gasteiger partial charge on any atom is 0.148 e. The molecule has 0 amide bonds. The zero-order valence-corrected chi connectivity index (χ0v) is 10.6. The van der Waals surface area contributed by atoms with Crippen molar-refractivity contribution in [2.75, 3.05) is 12.0 Å². The second kappa shape index (κ2) is 4.15. The molecule has 0 saturated heterocycles. The Balaban J connectivity index is 2.21. The van der Waals surface area contributed by atoms with Crippen molar-refractivity contribution in [3.63, 3.8) is 0 Å². The molecule has 0 aromatic heterocycles. The van der Waals surface area contributed by atoms with Crippen molar-refractivity contribution < 1.29 is 8.42 Å². The minimum atomic E-state index is -2.94. The zero-order chi connectivity index (χ0) is 12.5. The Labute approximate surface area is 102 Å². The monoisotopic (exact) mass is 249 g/mol. The molecular weight excluding hydrogens is 234 g/mol. The van der Waals surface area contributed by atoms with E-state index in [-0.39, 0.29) is 11.2 Å². The molecule has 17 heavy (non-hydrogen) atoms. The van der Waals surface area contributed by atoms with Crippen LogP contribution in [0.15, 0.2) is 24.3 Å². The van der Waals surface area contributed by atoms with Crippen molar-refractivity contribution >= 4 is 9.84 Å². The summed E-state index contributed by atoms with van der Waals surface area (Å²) in [6.07, 6.45) is 3.58. The van der Waals surface area contributed by atoms with Crippen molar-refractivity contribution in [2.45, 2.75) is 24.7 Å².